The van der Waals surface area contributed by atoms with Gasteiger partial charge in [0.2, 0.25) is 6.04 Å². The molecule has 0 unspecified atom stereocenters. The van der Waals surface area contributed by atoms with Crippen LogP contribution in [0.25, 0.3) is 0 Å². The molecule has 0 aliphatic carbocycles. The van der Waals surface area contributed by atoms with Crippen LogP contribution in [0.5, 0.6) is 0 Å². The summed E-state index contributed by atoms with van der Waals surface area (Å²) >= 11 is 0. The van der Waals surface area contributed by atoms with Crippen LogP contribution in [0.1, 0.15) is 5.56 Å². The lowest BCUT2D eigenvalue weighted by Gasteiger charge is -2.33. The smallest absolute Gasteiger partial charge is 0.305 e. The fourth-order valence-corrected chi connectivity index (χ4v) is 2.61. The maximum atomic E-state index is 14.7. The summed E-state index contributed by atoms with van der Waals surface area (Å²) in [6.07, 6.45) is 0. The molecule has 1 atom stereocenters. The van der Waals surface area contributed by atoms with Gasteiger partial charge in [0, 0.05) is 18.7 Å². The minimum absolute atomic E-state index is 0.146. The van der Waals surface area contributed by atoms with Gasteiger partial charge < -0.3 is 4.90 Å². The quantitative estimate of drug-likeness (QED) is 0.844. The number of quaternary nitrogens is 1. The van der Waals surface area contributed by atoms with Crippen LogP contribution >= 0.6 is 0 Å². The van der Waals surface area contributed by atoms with E-state index < -0.39 is 17.9 Å². The standard InChI is InChI=1S/C16H14F2N2O/c1-20-13-10-6-5-9-12(13)19-14(15(20)21)16(17,18)11-7-3-2-4-8-11/h2-10,14,19H,1H3/p+1/t14-/m1/s1. The van der Waals surface area contributed by atoms with E-state index in [9.17, 15) is 13.6 Å². The zero-order valence-electron chi connectivity index (χ0n) is 11.5. The fourth-order valence-electron chi connectivity index (χ4n) is 2.61. The maximum Gasteiger partial charge on any atom is 0.333 e. The summed E-state index contributed by atoms with van der Waals surface area (Å²) in [5, 5.41) is 1.37. The van der Waals surface area contributed by atoms with E-state index in [1.165, 1.54) is 29.4 Å². The van der Waals surface area contributed by atoms with Gasteiger partial charge in [-0.25, -0.2) is 0 Å². The Morgan fingerprint density at radius 3 is 2.38 bits per heavy atom. The van der Waals surface area contributed by atoms with Crippen LogP contribution in [0.3, 0.4) is 0 Å². The van der Waals surface area contributed by atoms with Crippen molar-refractivity contribution in [3.63, 3.8) is 0 Å². The number of anilines is 1. The second-order valence-corrected chi connectivity index (χ2v) is 5.09. The molecule has 2 aromatic rings. The minimum atomic E-state index is -3.24. The molecule has 0 bridgehead atoms. The van der Waals surface area contributed by atoms with Crippen LogP contribution in [-0.2, 0) is 10.7 Å². The Morgan fingerprint density at radius 1 is 1.05 bits per heavy atom. The molecular weight excluding hydrogens is 274 g/mol. The molecule has 1 aliphatic rings. The molecule has 0 radical (unpaired) electrons. The van der Waals surface area contributed by atoms with Gasteiger partial charge in [0.25, 0.3) is 5.91 Å². The number of amides is 1. The first-order valence-electron chi connectivity index (χ1n) is 6.66. The summed E-state index contributed by atoms with van der Waals surface area (Å²) in [4.78, 5) is 13.6. The molecule has 0 saturated carbocycles. The predicted molar refractivity (Wildman–Crippen MR) is 75.6 cm³/mol. The van der Waals surface area contributed by atoms with Gasteiger partial charge in [-0.3, -0.25) is 10.1 Å². The summed E-state index contributed by atoms with van der Waals surface area (Å²) in [7, 11) is 1.53. The SMILES string of the molecule is CN1C(=O)[C@H](C(F)(F)c2ccccc2)[NH2+]c2ccccc21. The summed E-state index contributed by atoms with van der Waals surface area (Å²) in [6.45, 7) is 0. The molecular formula is C16H15F2N2O+. The number of para-hydroxylation sites is 2. The third-order valence-electron chi connectivity index (χ3n) is 3.79. The Kier molecular flexibility index (Phi) is 3.22. The molecule has 3 nitrogen and oxygen atoms in total. The van der Waals surface area contributed by atoms with Crippen molar-refractivity contribution in [1.29, 1.82) is 0 Å². The monoisotopic (exact) mass is 289 g/mol. The highest BCUT2D eigenvalue weighted by atomic mass is 19.3. The Hall–Kier alpha value is -2.27. The minimum Gasteiger partial charge on any atom is -0.305 e. The van der Waals surface area contributed by atoms with E-state index in [1.54, 1.807) is 42.5 Å². The third-order valence-corrected chi connectivity index (χ3v) is 3.79. The second-order valence-electron chi connectivity index (χ2n) is 5.09. The van der Waals surface area contributed by atoms with Gasteiger partial charge in [-0.05, 0) is 6.07 Å². The number of nitrogens with two attached hydrogens (primary N) is 1. The van der Waals surface area contributed by atoms with Crippen LogP contribution in [0.2, 0.25) is 0 Å². The van der Waals surface area contributed by atoms with Crippen LogP contribution < -0.4 is 10.2 Å². The van der Waals surface area contributed by atoms with Crippen LogP contribution in [-0.4, -0.2) is 19.0 Å². The average molecular weight is 289 g/mol. The molecule has 5 heteroatoms. The Balaban J connectivity index is 2.02. The largest absolute Gasteiger partial charge is 0.333 e. The molecule has 0 saturated heterocycles. The first kappa shape index (κ1) is 13.7. The third kappa shape index (κ3) is 2.19. The Labute approximate surface area is 121 Å². The van der Waals surface area contributed by atoms with Crippen molar-refractivity contribution in [2.45, 2.75) is 12.0 Å². The van der Waals surface area contributed by atoms with E-state index in [-0.39, 0.29) is 5.56 Å². The molecule has 2 aromatic carbocycles. The van der Waals surface area contributed by atoms with Crippen molar-refractivity contribution in [3.05, 3.63) is 60.2 Å². The fraction of sp³-hybridized carbons (Fsp3) is 0.188. The Morgan fingerprint density at radius 2 is 1.67 bits per heavy atom. The van der Waals surface area contributed by atoms with Crippen molar-refractivity contribution in [3.8, 4) is 0 Å². The van der Waals surface area contributed by atoms with Gasteiger partial charge >= 0.3 is 5.92 Å². The molecule has 2 N–H and O–H groups in total. The number of hydrogen-bond acceptors (Lipinski definition) is 1. The van der Waals surface area contributed by atoms with Gasteiger partial charge in [-0.1, -0.05) is 42.5 Å². The van der Waals surface area contributed by atoms with E-state index in [1.807, 2.05) is 0 Å². The van der Waals surface area contributed by atoms with E-state index in [0.29, 0.717) is 11.4 Å². The molecule has 1 amide bonds. The van der Waals surface area contributed by atoms with Gasteiger partial charge in [-0.2, -0.15) is 8.78 Å². The average Bonchev–Trinajstić information content (AvgIpc) is 2.51. The molecule has 21 heavy (non-hydrogen) atoms. The molecule has 0 fully saturated rings. The number of carbonyl (C=O) groups is 1. The highest BCUT2D eigenvalue weighted by Gasteiger charge is 2.53. The maximum absolute atomic E-state index is 14.7. The van der Waals surface area contributed by atoms with Crippen LogP contribution in [0.4, 0.5) is 20.2 Å². The van der Waals surface area contributed by atoms with Gasteiger partial charge in [-0.15, -0.1) is 0 Å². The lowest BCUT2D eigenvalue weighted by atomic mass is 9.97. The lowest BCUT2D eigenvalue weighted by molar-refractivity contribution is -0.621. The highest BCUT2D eigenvalue weighted by Crippen LogP contribution is 2.35. The number of hydrogen-bond donors (Lipinski definition) is 1. The molecule has 0 aromatic heterocycles. The number of halogens is 2. The zero-order valence-corrected chi connectivity index (χ0v) is 11.5. The summed E-state index contributed by atoms with van der Waals surface area (Å²) in [6, 6.07) is 13.0. The first-order valence-corrected chi connectivity index (χ1v) is 6.66. The summed E-state index contributed by atoms with van der Waals surface area (Å²) in [5.74, 6) is -3.83. The predicted octanol–water partition coefficient (Wildman–Crippen LogP) is 2.02. The van der Waals surface area contributed by atoms with Crippen molar-refractivity contribution in [1.82, 2.24) is 0 Å². The van der Waals surface area contributed by atoms with Gasteiger partial charge in [0.15, 0.2) is 5.69 Å². The van der Waals surface area contributed by atoms with Crippen molar-refractivity contribution in [2.75, 3.05) is 11.9 Å². The van der Waals surface area contributed by atoms with Crippen molar-refractivity contribution >= 4 is 17.3 Å². The number of alkyl halides is 2. The lowest BCUT2D eigenvalue weighted by Crippen LogP contribution is -2.93. The molecule has 0 spiro atoms. The van der Waals surface area contributed by atoms with E-state index in [2.05, 4.69) is 0 Å². The van der Waals surface area contributed by atoms with Gasteiger partial charge in [0.05, 0.1) is 0 Å². The molecule has 3 rings (SSSR count). The van der Waals surface area contributed by atoms with Gasteiger partial charge in [0.1, 0.15) is 5.69 Å². The number of benzene rings is 2. The number of likely N-dealkylation sites (N-methyl/N-ethyl adjacent to an activating group) is 1. The van der Waals surface area contributed by atoms with E-state index in [0.717, 1.165) is 0 Å². The number of nitrogens with zero attached hydrogens (tertiary/aromatic N) is 1. The van der Waals surface area contributed by atoms with Crippen LogP contribution in [0, 0.1) is 0 Å². The van der Waals surface area contributed by atoms with E-state index in [4.69, 9.17) is 0 Å². The normalized spacial score (nSPS) is 18.5. The number of rotatable bonds is 2. The van der Waals surface area contributed by atoms with E-state index >= 15 is 0 Å². The molecule has 1 heterocycles. The van der Waals surface area contributed by atoms with Crippen molar-refractivity contribution < 1.29 is 18.9 Å². The summed E-state index contributed by atoms with van der Waals surface area (Å²) in [5.41, 5.74) is 1.16. The zero-order chi connectivity index (χ0) is 15.0. The topological polar surface area (TPSA) is 36.9 Å². The molecule has 1 aliphatic heterocycles. The molecule has 108 valence electrons. The van der Waals surface area contributed by atoms with Crippen LogP contribution in [0.15, 0.2) is 54.6 Å². The second kappa shape index (κ2) is 4.93. The van der Waals surface area contributed by atoms with Crippen molar-refractivity contribution in [2.24, 2.45) is 0 Å². The summed E-state index contributed by atoms with van der Waals surface area (Å²) < 4.78 is 29.4. The number of carbonyl (C=O) groups excluding carboxylic acids is 1. The Bertz CT molecular complexity index is 673. The first-order chi connectivity index (χ1) is 10.0. The highest BCUT2D eigenvalue weighted by molar-refractivity contribution is 6.00. The number of fused-ring (bicyclic) bond motifs is 1.